The van der Waals surface area contributed by atoms with Gasteiger partial charge in [0, 0.05) is 32.0 Å². The van der Waals surface area contributed by atoms with E-state index in [-0.39, 0.29) is 16.7 Å². The van der Waals surface area contributed by atoms with Crippen molar-refractivity contribution in [3.05, 3.63) is 47.5 Å². The Morgan fingerprint density at radius 2 is 1.97 bits per heavy atom. The number of rotatable bonds is 4. The summed E-state index contributed by atoms with van der Waals surface area (Å²) in [6, 6.07) is 6.63. The molecule has 152 valence electrons. The fraction of sp³-hybridized carbons (Fsp3) is 0.368. The van der Waals surface area contributed by atoms with Crippen LogP contribution in [0.5, 0.6) is 0 Å². The molecule has 0 radical (unpaired) electrons. The summed E-state index contributed by atoms with van der Waals surface area (Å²) in [6.45, 7) is 4.47. The van der Waals surface area contributed by atoms with Crippen molar-refractivity contribution in [1.82, 2.24) is 23.9 Å². The molecule has 1 aliphatic heterocycles. The molecule has 0 saturated carbocycles. The van der Waals surface area contributed by atoms with Crippen molar-refractivity contribution in [2.45, 2.75) is 31.1 Å². The van der Waals surface area contributed by atoms with Crippen molar-refractivity contribution < 1.29 is 13.2 Å². The number of amides is 1. The van der Waals surface area contributed by atoms with Crippen LogP contribution in [0.4, 0.5) is 5.69 Å². The maximum atomic E-state index is 13.4. The van der Waals surface area contributed by atoms with Gasteiger partial charge in [0.15, 0.2) is 0 Å². The molecular weight excluding hydrogens is 392 g/mol. The van der Waals surface area contributed by atoms with E-state index >= 15 is 0 Å². The quantitative estimate of drug-likeness (QED) is 0.644. The third-order valence-corrected chi connectivity index (χ3v) is 6.86. The van der Waals surface area contributed by atoms with Gasteiger partial charge in [-0.05, 0) is 42.2 Å². The fourth-order valence-corrected chi connectivity index (χ4v) is 4.33. The van der Waals surface area contributed by atoms with Crippen molar-refractivity contribution in [3.8, 4) is 0 Å². The largest absolute Gasteiger partial charge is 0.306 e. The van der Waals surface area contributed by atoms with E-state index < -0.39 is 10.0 Å². The molecule has 0 bridgehead atoms. The summed E-state index contributed by atoms with van der Waals surface area (Å²) < 4.78 is 27.4. The fourth-order valence-electron chi connectivity index (χ4n) is 3.38. The summed E-state index contributed by atoms with van der Waals surface area (Å²) in [7, 11) is -0.531. The lowest BCUT2D eigenvalue weighted by molar-refractivity contribution is 0.0982. The Morgan fingerprint density at radius 1 is 1.21 bits per heavy atom. The first-order chi connectivity index (χ1) is 13.7. The van der Waals surface area contributed by atoms with Crippen molar-refractivity contribution in [3.63, 3.8) is 0 Å². The Labute approximate surface area is 169 Å². The van der Waals surface area contributed by atoms with Gasteiger partial charge >= 0.3 is 0 Å². The molecule has 1 amide bonds. The number of nitrogens with zero attached hydrogens (tertiary/aromatic N) is 6. The van der Waals surface area contributed by atoms with Crippen molar-refractivity contribution in [2.24, 2.45) is 0 Å². The zero-order valence-electron chi connectivity index (χ0n) is 16.7. The first-order valence-corrected chi connectivity index (χ1v) is 10.7. The summed E-state index contributed by atoms with van der Waals surface area (Å²) >= 11 is 0. The standard InChI is InChI=1S/C19H22N6O3S/c1-12(2)15-10-17(25-19(22-15)20-11-21-25)18(26)24-8-7-13-9-14(5-6-16(13)24)29(27,28)23(3)4/h5-6,9-12H,7-8H2,1-4H3. The molecule has 3 aromatic rings. The van der Waals surface area contributed by atoms with Gasteiger partial charge in [-0.2, -0.15) is 14.6 Å². The second-order valence-electron chi connectivity index (χ2n) is 7.48. The molecule has 9 nitrogen and oxygen atoms in total. The number of carbonyl (C=O) groups is 1. The molecule has 0 atom stereocenters. The van der Waals surface area contributed by atoms with Gasteiger partial charge in [0.2, 0.25) is 10.0 Å². The summed E-state index contributed by atoms with van der Waals surface area (Å²) in [5, 5.41) is 4.14. The predicted molar refractivity (Wildman–Crippen MR) is 108 cm³/mol. The third kappa shape index (κ3) is 3.18. The Hall–Kier alpha value is -2.85. The molecule has 0 spiro atoms. The molecule has 0 aliphatic carbocycles. The molecule has 0 saturated heterocycles. The van der Waals surface area contributed by atoms with Crippen LogP contribution in [0.1, 0.15) is 41.5 Å². The van der Waals surface area contributed by atoms with Crippen molar-refractivity contribution in [2.75, 3.05) is 25.5 Å². The number of hydrogen-bond donors (Lipinski definition) is 0. The Kier molecular flexibility index (Phi) is 4.62. The van der Waals surface area contributed by atoms with Crippen LogP contribution in [0.15, 0.2) is 35.5 Å². The minimum absolute atomic E-state index is 0.132. The average molecular weight is 414 g/mol. The molecule has 3 heterocycles. The van der Waals surface area contributed by atoms with E-state index in [0.717, 1.165) is 11.3 Å². The van der Waals surface area contributed by atoms with Crippen LogP contribution in [0.2, 0.25) is 0 Å². The Balaban J connectivity index is 1.75. The van der Waals surface area contributed by atoms with E-state index in [1.54, 1.807) is 23.1 Å². The van der Waals surface area contributed by atoms with Crippen LogP contribution in [-0.4, -0.2) is 58.9 Å². The molecular formula is C19H22N6O3S. The van der Waals surface area contributed by atoms with Gasteiger partial charge < -0.3 is 4.90 Å². The minimum Gasteiger partial charge on any atom is -0.306 e. The lowest BCUT2D eigenvalue weighted by Crippen LogP contribution is -2.31. The normalized spacial score (nSPS) is 14.2. The van der Waals surface area contributed by atoms with Crippen LogP contribution in [0.25, 0.3) is 5.78 Å². The predicted octanol–water partition coefficient (Wildman–Crippen LogP) is 1.70. The molecule has 0 N–H and O–H groups in total. The highest BCUT2D eigenvalue weighted by Crippen LogP contribution is 2.32. The number of anilines is 1. The van der Waals surface area contributed by atoms with Gasteiger partial charge in [-0.25, -0.2) is 17.7 Å². The average Bonchev–Trinajstić information content (AvgIpc) is 3.32. The topological polar surface area (TPSA) is 101 Å². The maximum absolute atomic E-state index is 13.4. The summed E-state index contributed by atoms with van der Waals surface area (Å²) in [6.07, 6.45) is 1.96. The number of aromatic nitrogens is 4. The minimum atomic E-state index is -3.53. The first kappa shape index (κ1) is 19.5. The van der Waals surface area contributed by atoms with E-state index in [0.29, 0.717) is 30.1 Å². The zero-order valence-corrected chi connectivity index (χ0v) is 17.5. The highest BCUT2D eigenvalue weighted by Gasteiger charge is 2.30. The van der Waals surface area contributed by atoms with E-state index in [1.807, 2.05) is 13.8 Å². The van der Waals surface area contributed by atoms with Gasteiger partial charge in [-0.15, -0.1) is 0 Å². The summed E-state index contributed by atoms with van der Waals surface area (Å²) in [5.41, 5.74) is 2.69. The first-order valence-electron chi connectivity index (χ1n) is 9.28. The van der Waals surface area contributed by atoms with Crippen LogP contribution in [0, 0.1) is 0 Å². The number of fused-ring (bicyclic) bond motifs is 2. The lowest BCUT2D eigenvalue weighted by Gasteiger charge is -2.19. The van der Waals surface area contributed by atoms with Gasteiger partial charge in [-0.3, -0.25) is 4.79 Å². The smallest absolute Gasteiger partial charge is 0.277 e. The second kappa shape index (κ2) is 6.89. The molecule has 29 heavy (non-hydrogen) atoms. The molecule has 0 fully saturated rings. The highest BCUT2D eigenvalue weighted by atomic mass is 32.2. The van der Waals surface area contributed by atoms with Crippen LogP contribution < -0.4 is 4.90 Å². The number of hydrogen-bond acceptors (Lipinski definition) is 6. The van der Waals surface area contributed by atoms with Gasteiger partial charge in [0.05, 0.1) is 4.90 Å². The van der Waals surface area contributed by atoms with Gasteiger partial charge in [0.25, 0.3) is 11.7 Å². The monoisotopic (exact) mass is 414 g/mol. The summed E-state index contributed by atoms with van der Waals surface area (Å²) in [4.78, 5) is 23.8. The second-order valence-corrected chi connectivity index (χ2v) is 9.63. The van der Waals surface area contributed by atoms with Crippen molar-refractivity contribution >= 4 is 27.4 Å². The van der Waals surface area contributed by atoms with Gasteiger partial charge in [-0.1, -0.05) is 13.8 Å². The van der Waals surface area contributed by atoms with Crippen LogP contribution in [0.3, 0.4) is 0 Å². The van der Waals surface area contributed by atoms with E-state index in [4.69, 9.17) is 0 Å². The number of carbonyl (C=O) groups excluding carboxylic acids is 1. The van der Waals surface area contributed by atoms with E-state index in [1.165, 1.54) is 35.3 Å². The molecule has 0 unspecified atom stereocenters. The van der Waals surface area contributed by atoms with Crippen LogP contribution >= 0.6 is 0 Å². The highest BCUT2D eigenvalue weighted by molar-refractivity contribution is 7.89. The van der Waals surface area contributed by atoms with Gasteiger partial charge in [0.1, 0.15) is 12.0 Å². The molecule has 2 aromatic heterocycles. The number of benzene rings is 1. The van der Waals surface area contributed by atoms with E-state index in [9.17, 15) is 13.2 Å². The number of sulfonamides is 1. The molecule has 1 aliphatic rings. The van der Waals surface area contributed by atoms with Crippen LogP contribution in [-0.2, 0) is 16.4 Å². The molecule has 10 heteroatoms. The SMILES string of the molecule is CC(C)c1cc(C(=O)N2CCc3cc(S(=O)(=O)N(C)C)ccc32)n2ncnc2n1. The summed E-state index contributed by atoms with van der Waals surface area (Å²) in [5.74, 6) is 0.297. The van der Waals surface area contributed by atoms with Crippen molar-refractivity contribution in [1.29, 1.82) is 0 Å². The van der Waals surface area contributed by atoms with E-state index in [2.05, 4.69) is 15.1 Å². The molecule has 1 aromatic carbocycles. The third-order valence-electron chi connectivity index (χ3n) is 5.05. The Bertz CT molecular complexity index is 1220. The zero-order chi connectivity index (χ0) is 20.9. The lowest BCUT2D eigenvalue weighted by atomic mass is 10.1. The molecule has 4 rings (SSSR count). The maximum Gasteiger partial charge on any atom is 0.277 e. The Morgan fingerprint density at radius 3 is 2.66 bits per heavy atom.